The molecule has 3 N–H and O–H groups in total. The number of halogens is 1. The normalized spacial score (nSPS) is 12.9. The summed E-state index contributed by atoms with van der Waals surface area (Å²) in [7, 11) is 0. The third kappa shape index (κ3) is 2.13. The lowest BCUT2D eigenvalue weighted by Crippen LogP contribution is -2.28. The van der Waals surface area contributed by atoms with Gasteiger partial charge in [0, 0.05) is 6.54 Å². The molecule has 1 heterocycles. The number of hydrogen-bond donors (Lipinski definition) is 2. The van der Waals surface area contributed by atoms with Gasteiger partial charge in [-0.2, -0.15) is 0 Å². The molecule has 12 heavy (non-hydrogen) atoms. The summed E-state index contributed by atoms with van der Waals surface area (Å²) in [6.07, 6.45) is -1.07. The van der Waals surface area contributed by atoms with E-state index in [1.54, 1.807) is 12.1 Å². The molecule has 5 heteroatoms. The summed E-state index contributed by atoms with van der Waals surface area (Å²) in [6, 6.07) is 3.43. The number of carbonyl (C=O) groups is 1. The molecule has 3 nitrogen and oxygen atoms in total. The average molecular weight is 250 g/mol. The minimum Gasteiger partial charge on any atom is -0.384 e. The van der Waals surface area contributed by atoms with Crippen molar-refractivity contribution in [3.8, 4) is 0 Å². The molecule has 1 aromatic heterocycles. The molecular weight excluding hydrogens is 242 g/mol. The van der Waals surface area contributed by atoms with Crippen LogP contribution in [-0.2, 0) is 0 Å². The quantitative estimate of drug-likeness (QED) is 0.787. The standard InChI is InChI=1S/C7H8BrNO2S/c8-6-2-1-5(12-6)7(11)4(10)3-9/h1-2,4,10H,3,9H2. The Morgan fingerprint density at radius 2 is 2.42 bits per heavy atom. The summed E-state index contributed by atoms with van der Waals surface area (Å²) in [5.74, 6) is -0.312. The number of aliphatic hydroxyl groups is 1. The lowest BCUT2D eigenvalue weighted by atomic mass is 10.2. The molecule has 1 rings (SSSR count). The zero-order chi connectivity index (χ0) is 9.14. The molecule has 1 aromatic rings. The van der Waals surface area contributed by atoms with Gasteiger partial charge in [0.25, 0.3) is 0 Å². The Labute approximate surface area is 82.3 Å². The maximum Gasteiger partial charge on any atom is 0.202 e. The first-order chi connectivity index (χ1) is 5.65. The van der Waals surface area contributed by atoms with E-state index in [4.69, 9.17) is 10.8 Å². The van der Waals surface area contributed by atoms with Gasteiger partial charge in [0.1, 0.15) is 6.10 Å². The van der Waals surface area contributed by atoms with E-state index in [1.807, 2.05) is 0 Å². The molecule has 0 aliphatic rings. The van der Waals surface area contributed by atoms with Crippen LogP contribution in [-0.4, -0.2) is 23.5 Å². The summed E-state index contributed by atoms with van der Waals surface area (Å²) in [5.41, 5.74) is 5.14. The first kappa shape index (κ1) is 9.85. The largest absolute Gasteiger partial charge is 0.384 e. The number of aliphatic hydroxyl groups excluding tert-OH is 1. The van der Waals surface area contributed by atoms with Crippen LogP contribution in [0.25, 0.3) is 0 Å². The van der Waals surface area contributed by atoms with Crippen molar-refractivity contribution < 1.29 is 9.90 Å². The van der Waals surface area contributed by atoms with E-state index < -0.39 is 6.10 Å². The van der Waals surface area contributed by atoms with Crippen LogP contribution in [0.3, 0.4) is 0 Å². The highest BCUT2D eigenvalue weighted by Gasteiger charge is 2.16. The maximum atomic E-state index is 11.2. The van der Waals surface area contributed by atoms with Gasteiger partial charge in [-0.05, 0) is 28.1 Å². The van der Waals surface area contributed by atoms with Crippen LogP contribution in [0.5, 0.6) is 0 Å². The molecule has 0 fully saturated rings. The fourth-order valence-electron chi connectivity index (χ4n) is 0.718. The number of carbonyl (C=O) groups excluding carboxylic acids is 1. The summed E-state index contributed by atoms with van der Waals surface area (Å²) in [5, 5.41) is 9.11. The average Bonchev–Trinajstić information content (AvgIpc) is 2.49. The summed E-state index contributed by atoms with van der Waals surface area (Å²) >= 11 is 4.52. The van der Waals surface area contributed by atoms with Crippen LogP contribution >= 0.6 is 27.3 Å². The predicted octanol–water partition coefficient (Wildman–Crippen LogP) is 1.01. The molecule has 1 atom stereocenters. The van der Waals surface area contributed by atoms with Crippen LogP contribution in [0.2, 0.25) is 0 Å². The molecule has 0 aromatic carbocycles. The van der Waals surface area contributed by atoms with Crippen LogP contribution in [0.4, 0.5) is 0 Å². The number of Topliss-reactive ketones (excluding diaryl/α,β-unsaturated/α-hetero) is 1. The number of ketones is 1. The van der Waals surface area contributed by atoms with E-state index in [9.17, 15) is 4.79 Å². The molecule has 1 unspecified atom stereocenters. The molecule has 0 bridgehead atoms. The number of nitrogens with two attached hydrogens (primary N) is 1. The second-order valence-corrected chi connectivity index (χ2v) is 4.68. The van der Waals surface area contributed by atoms with E-state index in [0.717, 1.165) is 3.79 Å². The number of thiophene rings is 1. The Bertz CT molecular complexity index is 287. The summed E-state index contributed by atoms with van der Waals surface area (Å²) in [6.45, 7) is -0.0334. The highest BCUT2D eigenvalue weighted by Crippen LogP contribution is 2.22. The molecule has 0 saturated heterocycles. The van der Waals surface area contributed by atoms with Gasteiger partial charge in [0.05, 0.1) is 8.66 Å². The fraction of sp³-hybridized carbons (Fsp3) is 0.286. The van der Waals surface area contributed by atoms with Crippen LogP contribution in [0.1, 0.15) is 9.67 Å². The predicted molar refractivity (Wildman–Crippen MR) is 51.4 cm³/mol. The fourth-order valence-corrected chi connectivity index (χ4v) is 2.09. The lowest BCUT2D eigenvalue weighted by molar-refractivity contribution is 0.0767. The van der Waals surface area contributed by atoms with Gasteiger partial charge in [0.2, 0.25) is 5.78 Å². The van der Waals surface area contributed by atoms with Gasteiger partial charge in [-0.3, -0.25) is 4.79 Å². The lowest BCUT2D eigenvalue weighted by Gasteiger charge is -2.02. The second kappa shape index (κ2) is 4.13. The smallest absolute Gasteiger partial charge is 0.202 e. The third-order valence-corrected chi connectivity index (χ3v) is 2.98. The topological polar surface area (TPSA) is 63.3 Å². The Morgan fingerprint density at radius 3 is 2.83 bits per heavy atom. The van der Waals surface area contributed by atoms with Crippen molar-refractivity contribution in [2.45, 2.75) is 6.10 Å². The molecule has 0 saturated carbocycles. The van der Waals surface area contributed by atoms with E-state index in [1.165, 1.54) is 11.3 Å². The molecule has 0 radical (unpaired) electrons. The maximum absolute atomic E-state index is 11.2. The third-order valence-electron chi connectivity index (χ3n) is 1.34. The number of hydrogen-bond acceptors (Lipinski definition) is 4. The van der Waals surface area contributed by atoms with Crippen molar-refractivity contribution in [3.05, 3.63) is 20.8 Å². The Hall–Kier alpha value is -0.230. The molecule has 0 aliphatic heterocycles. The summed E-state index contributed by atoms with van der Waals surface area (Å²) < 4.78 is 0.870. The molecule has 0 amide bonds. The van der Waals surface area contributed by atoms with Gasteiger partial charge in [-0.15, -0.1) is 11.3 Å². The Balaban J connectivity index is 2.78. The van der Waals surface area contributed by atoms with Crippen LogP contribution in [0, 0.1) is 0 Å². The zero-order valence-electron chi connectivity index (χ0n) is 6.16. The molecule has 66 valence electrons. The molecular formula is C7H8BrNO2S. The summed E-state index contributed by atoms with van der Waals surface area (Å²) in [4.78, 5) is 11.8. The van der Waals surface area contributed by atoms with Gasteiger partial charge in [-0.25, -0.2) is 0 Å². The van der Waals surface area contributed by atoms with E-state index >= 15 is 0 Å². The molecule has 0 spiro atoms. The second-order valence-electron chi connectivity index (χ2n) is 2.22. The van der Waals surface area contributed by atoms with Crippen molar-refractivity contribution in [3.63, 3.8) is 0 Å². The van der Waals surface area contributed by atoms with Crippen LogP contribution in [0.15, 0.2) is 15.9 Å². The van der Waals surface area contributed by atoms with Gasteiger partial charge in [-0.1, -0.05) is 0 Å². The van der Waals surface area contributed by atoms with Crippen LogP contribution < -0.4 is 5.73 Å². The first-order valence-electron chi connectivity index (χ1n) is 3.33. The highest BCUT2D eigenvalue weighted by atomic mass is 79.9. The Kier molecular flexibility index (Phi) is 3.39. The van der Waals surface area contributed by atoms with E-state index in [0.29, 0.717) is 4.88 Å². The van der Waals surface area contributed by atoms with Crippen molar-refractivity contribution >= 4 is 33.0 Å². The minimum absolute atomic E-state index is 0.0334. The monoisotopic (exact) mass is 249 g/mol. The van der Waals surface area contributed by atoms with Gasteiger partial charge in [0.15, 0.2) is 0 Å². The van der Waals surface area contributed by atoms with Crippen molar-refractivity contribution in [2.24, 2.45) is 5.73 Å². The van der Waals surface area contributed by atoms with Gasteiger partial charge >= 0.3 is 0 Å². The Morgan fingerprint density at radius 1 is 1.75 bits per heavy atom. The van der Waals surface area contributed by atoms with Crippen molar-refractivity contribution in [1.82, 2.24) is 0 Å². The van der Waals surface area contributed by atoms with Crippen molar-refractivity contribution in [2.75, 3.05) is 6.54 Å². The van der Waals surface area contributed by atoms with Crippen molar-refractivity contribution in [1.29, 1.82) is 0 Å². The SMILES string of the molecule is NCC(O)C(=O)c1ccc(Br)s1. The first-order valence-corrected chi connectivity index (χ1v) is 4.93. The van der Waals surface area contributed by atoms with E-state index in [-0.39, 0.29) is 12.3 Å². The van der Waals surface area contributed by atoms with E-state index in [2.05, 4.69) is 15.9 Å². The highest BCUT2D eigenvalue weighted by molar-refractivity contribution is 9.11. The number of rotatable bonds is 3. The minimum atomic E-state index is -1.07. The van der Waals surface area contributed by atoms with Gasteiger partial charge < -0.3 is 10.8 Å². The zero-order valence-corrected chi connectivity index (χ0v) is 8.56. The molecule has 0 aliphatic carbocycles.